The smallest absolute Gasteiger partial charge is 0.347 e. The van der Waals surface area contributed by atoms with Crippen molar-refractivity contribution in [2.24, 2.45) is 7.05 Å². The quantitative estimate of drug-likeness (QED) is 0.243. The third-order valence-electron chi connectivity index (χ3n) is 5.46. The number of aryl methyl sites for hydroxylation is 1. The zero-order valence-corrected chi connectivity index (χ0v) is 21.9. The van der Waals surface area contributed by atoms with Crippen molar-refractivity contribution in [3.05, 3.63) is 50.7 Å². The van der Waals surface area contributed by atoms with Crippen LogP contribution in [0.5, 0.6) is 0 Å². The topological polar surface area (TPSA) is 95.2 Å². The number of aromatic nitrogens is 3. The molecule has 0 amide bonds. The van der Waals surface area contributed by atoms with Gasteiger partial charge in [0, 0.05) is 25.0 Å². The van der Waals surface area contributed by atoms with Crippen LogP contribution < -0.4 is 16.6 Å². The zero-order valence-electron chi connectivity index (χ0n) is 21.1. The number of nitrogens with zero attached hydrogens (tertiary/aromatic N) is 3. The van der Waals surface area contributed by atoms with Crippen molar-refractivity contribution >= 4 is 23.5 Å². The predicted octanol–water partition coefficient (Wildman–Crippen LogP) is 4.00. The van der Waals surface area contributed by atoms with Crippen molar-refractivity contribution in [1.82, 2.24) is 14.3 Å². The van der Waals surface area contributed by atoms with Crippen molar-refractivity contribution in [1.29, 1.82) is 0 Å². The Morgan fingerprint density at radius 1 is 1.09 bits per heavy atom. The molecule has 0 fully saturated rings. The van der Waals surface area contributed by atoms with Crippen LogP contribution in [0.25, 0.3) is 0 Å². The minimum Gasteiger partial charge on any atom is -0.465 e. The van der Waals surface area contributed by atoms with Crippen molar-refractivity contribution in [3.8, 4) is 0 Å². The number of unbranched alkanes of at least 4 members (excludes halogenated alkanes) is 4. The van der Waals surface area contributed by atoms with Crippen LogP contribution in [0.3, 0.4) is 0 Å². The van der Waals surface area contributed by atoms with E-state index < -0.39 is 4.75 Å². The third-order valence-corrected chi connectivity index (χ3v) is 6.65. The number of anilines is 1. The van der Waals surface area contributed by atoms with E-state index in [0.717, 1.165) is 36.1 Å². The molecule has 0 spiro atoms. The maximum Gasteiger partial charge on any atom is 0.347 e. The lowest BCUT2D eigenvalue weighted by molar-refractivity contribution is -0.145. The van der Waals surface area contributed by atoms with E-state index in [1.54, 1.807) is 14.0 Å². The molecule has 0 saturated heterocycles. The van der Waals surface area contributed by atoms with Gasteiger partial charge in [0.1, 0.15) is 4.75 Å². The molecule has 2 rings (SSSR count). The van der Waals surface area contributed by atoms with E-state index in [4.69, 9.17) is 4.74 Å². The molecule has 0 bridgehead atoms. The molecule has 0 atom stereocenters. The Balaban J connectivity index is 1.95. The summed E-state index contributed by atoms with van der Waals surface area (Å²) >= 11 is 1.46. The minimum absolute atomic E-state index is 0.194. The Labute approximate surface area is 206 Å². The highest BCUT2D eigenvalue weighted by Crippen LogP contribution is 2.33. The molecule has 1 aromatic carbocycles. The van der Waals surface area contributed by atoms with E-state index in [1.807, 2.05) is 38.1 Å². The summed E-state index contributed by atoms with van der Waals surface area (Å²) in [7, 11) is 1.56. The number of ether oxygens (including phenoxy) is 1. The maximum atomic E-state index is 12.8. The van der Waals surface area contributed by atoms with Gasteiger partial charge in [0.2, 0.25) is 5.82 Å². The first-order valence-electron chi connectivity index (χ1n) is 12.1. The molecule has 0 unspecified atom stereocenters. The van der Waals surface area contributed by atoms with Crippen LogP contribution in [0.15, 0.2) is 38.8 Å². The summed E-state index contributed by atoms with van der Waals surface area (Å²) in [6.07, 6.45) is 5.92. The van der Waals surface area contributed by atoms with Crippen LogP contribution in [0.2, 0.25) is 0 Å². The molecule has 0 aliphatic rings. The molecule has 0 saturated carbocycles. The maximum absolute atomic E-state index is 12.8. The van der Waals surface area contributed by atoms with Gasteiger partial charge in [-0.2, -0.15) is 0 Å². The van der Waals surface area contributed by atoms with Crippen LogP contribution in [0, 0.1) is 0 Å². The molecule has 9 heteroatoms. The van der Waals surface area contributed by atoms with Crippen LogP contribution in [-0.4, -0.2) is 38.2 Å². The Bertz CT molecular complexity index is 1040. The van der Waals surface area contributed by atoms with E-state index in [2.05, 4.69) is 17.3 Å². The lowest BCUT2D eigenvalue weighted by Gasteiger charge is -2.21. The van der Waals surface area contributed by atoms with E-state index in [0.29, 0.717) is 26.1 Å². The predicted molar refractivity (Wildman–Crippen MR) is 138 cm³/mol. The van der Waals surface area contributed by atoms with Gasteiger partial charge in [0.15, 0.2) is 0 Å². The average Bonchev–Trinajstić information content (AvgIpc) is 2.80. The molecule has 2 aromatic rings. The summed E-state index contributed by atoms with van der Waals surface area (Å²) in [5, 5.41) is 7.21. The normalized spacial score (nSPS) is 11.4. The van der Waals surface area contributed by atoms with E-state index in [-0.39, 0.29) is 23.0 Å². The second-order valence-electron chi connectivity index (χ2n) is 8.78. The summed E-state index contributed by atoms with van der Waals surface area (Å²) in [4.78, 5) is 38.2. The van der Waals surface area contributed by atoms with E-state index in [1.165, 1.54) is 27.4 Å². The Hall–Kier alpha value is -2.55. The molecule has 1 N–H and O–H groups in total. The molecular weight excluding hydrogens is 452 g/mol. The second kappa shape index (κ2) is 13.4. The van der Waals surface area contributed by atoms with Gasteiger partial charge in [-0.15, -0.1) is 16.9 Å². The van der Waals surface area contributed by atoms with Crippen molar-refractivity contribution in [2.75, 3.05) is 18.5 Å². The van der Waals surface area contributed by atoms with Crippen LogP contribution in [-0.2, 0) is 29.5 Å². The monoisotopic (exact) mass is 490 g/mol. The Morgan fingerprint density at radius 3 is 2.41 bits per heavy atom. The molecule has 1 aromatic heterocycles. The van der Waals surface area contributed by atoms with E-state index >= 15 is 0 Å². The van der Waals surface area contributed by atoms with Crippen molar-refractivity contribution in [3.63, 3.8) is 0 Å². The van der Waals surface area contributed by atoms with Gasteiger partial charge in [-0.1, -0.05) is 44.7 Å². The highest BCUT2D eigenvalue weighted by molar-refractivity contribution is 8.01. The number of hydrogen-bond acceptors (Lipinski definition) is 7. The summed E-state index contributed by atoms with van der Waals surface area (Å²) in [6, 6.07) is 7.98. The van der Waals surface area contributed by atoms with Gasteiger partial charge >= 0.3 is 11.7 Å². The SMILES string of the molecule is CCCCCCCn1c(=O)c(NCCc2ccc(SC(C)(C)C(=O)OCC)cc2)nn(C)c1=O. The summed E-state index contributed by atoms with van der Waals surface area (Å²) in [5.74, 6) is -0.0383. The molecule has 188 valence electrons. The number of esters is 1. The third kappa shape index (κ3) is 8.04. The number of carbonyl (C=O) groups excluding carboxylic acids is 1. The van der Waals surface area contributed by atoms with Gasteiger partial charge in [-0.05, 0) is 51.3 Å². The first-order chi connectivity index (χ1) is 16.2. The van der Waals surface area contributed by atoms with Gasteiger partial charge in [-0.3, -0.25) is 14.2 Å². The molecule has 0 aliphatic carbocycles. The number of benzene rings is 1. The number of thioether (sulfide) groups is 1. The molecule has 34 heavy (non-hydrogen) atoms. The zero-order chi connectivity index (χ0) is 25.1. The van der Waals surface area contributed by atoms with Crippen LogP contribution in [0.4, 0.5) is 5.82 Å². The van der Waals surface area contributed by atoms with Gasteiger partial charge in [0.05, 0.1) is 6.61 Å². The Morgan fingerprint density at radius 2 is 1.76 bits per heavy atom. The molecule has 0 radical (unpaired) electrons. The largest absolute Gasteiger partial charge is 0.465 e. The molecule has 8 nitrogen and oxygen atoms in total. The number of nitrogens with one attached hydrogen (secondary N) is 1. The number of carbonyl (C=O) groups is 1. The molecule has 1 heterocycles. The van der Waals surface area contributed by atoms with Gasteiger partial charge in [0.25, 0.3) is 5.56 Å². The van der Waals surface area contributed by atoms with E-state index in [9.17, 15) is 14.4 Å². The summed E-state index contributed by atoms with van der Waals surface area (Å²) in [6.45, 7) is 8.95. The van der Waals surface area contributed by atoms with Crippen LogP contribution in [0.1, 0.15) is 65.4 Å². The van der Waals surface area contributed by atoms with Gasteiger partial charge < -0.3 is 10.1 Å². The molecular formula is C25H38N4O4S. The second-order valence-corrected chi connectivity index (χ2v) is 10.5. The average molecular weight is 491 g/mol. The number of rotatable bonds is 14. The lowest BCUT2D eigenvalue weighted by Crippen LogP contribution is -2.42. The minimum atomic E-state index is -0.663. The fourth-order valence-electron chi connectivity index (χ4n) is 3.50. The Kier molecular flexibility index (Phi) is 10.9. The van der Waals surface area contributed by atoms with Crippen LogP contribution >= 0.6 is 11.8 Å². The fraction of sp³-hybridized carbons (Fsp3) is 0.600. The fourth-order valence-corrected chi connectivity index (χ4v) is 4.50. The van der Waals surface area contributed by atoms with Crippen molar-refractivity contribution in [2.45, 2.75) is 82.4 Å². The first-order valence-corrected chi connectivity index (χ1v) is 12.9. The van der Waals surface area contributed by atoms with Crippen molar-refractivity contribution < 1.29 is 9.53 Å². The lowest BCUT2D eigenvalue weighted by atomic mass is 10.1. The standard InChI is InChI=1S/C25H38N4O4S/c1-6-8-9-10-11-18-29-22(30)21(27-28(5)24(29)32)26-17-16-19-12-14-20(15-13-19)34-25(3,4)23(31)33-7-2/h12-15H,6-11,16-18H2,1-5H3,(H,26,27). The highest BCUT2D eigenvalue weighted by Gasteiger charge is 2.30. The van der Waals surface area contributed by atoms with Gasteiger partial charge in [-0.25, -0.2) is 9.48 Å². The molecule has 0 aliphatic heterocycles. The first kappa shape index (κ1) is 27.7. The summed E-state index contributed by atoms with van der Waals surface area (Å²) in [5.41, 5.74) is 0.336. The number of hydrogen-bond donors (Lipinski definition) is 1. The highest BCUT2D eigenvalue weighted by atomic mass is 32.2. The summed E-state index contributed by atoms with van der Waals surface area (Å²) < 4.78 is 6.98.